The van der Waals surface area contributed by atoms with Gasteiger partial charge in [0, 0.05) is 6.04 Å². The molecule has 1 saturated heterocycles. The Morgan fingerprint density at radius 1 is 1.60 bits per heavy atom. The van der Waals surface area contributed by atoms with Crippen molar-refractivity contribution < 1.29 is 9.90 Å². The van der Waals surface area contributed by atoms with Gasteiger partial charge in [-0.25, -0.2) is 0 Å². The predicted molar refractivity (Wildman–Crippen MR) is 37.9 cm³/mol. The van der Waals surface area contributed by atoms with E-state index in [1.165, 1.54) is 0 Å². The lowest BCUT2D eigenvalue weighted by Gasteiger charge is -2.19. The number of likely N-dealkylation sites (tertiary alicyclic amines) is 1. The van der Waals surface area contributed by atoms with Gasteiger partial charge in [0.25, 0.3) is 0 Å². The summed E-state index contributed by atoms with van der Waals surface area (Å²) in [5.74, 6) is -0.688. The van der Waals surface area contributed by atoms with Gasteiger partial charge in [0.05, 0.1) is 0 Å². The van der Waals surface area contributed by atoms with Crippen molar-refractivity contribution in [2.75, 3.05) is 7.05 Å². The number of rotatable bonds is 1. The Bertz CT molecular complexity index is 147. The van der Waals surface area contributed by atoms with Gasteiger partial charge in [0.2, 0.25) is 0 Å². The summed E-state index contributed by atoms with van der Waals surface area (Å²) in [7, 11) is 1.87. The molecule has 0 amide bonds. The van der Waals surface area contributed by atoms with Crippen LogP contribution in [0.2, 0.25) is 0 Å². The van der Waals surface area contributed by atoms with Crippen LogP contribution in [-0.4, -0.2) is 35.1 Å². The molecule has 1 aliphatic heterocycles. The molecule has 0 aromatic heterocycles. The highest BCUT2D eigenvalue weighted by atomic mass is 16.4. The molecule has 1 heterocycles. The van der Waals surface area contributed by atoms with Crippen molar-refractivity contribution in [3.63, 3.8) is 0 Å². The summed E-state index contributed by atoms with van der Waals surface area (Å²) in [5.41, 5.74) is 0. The second kappa shape index (κ2) is 2.58. The van der Waals surface area contributed by atoms with Crippen LogP contribution in [0, 0.1) is 0 Å². The molecule has 58 valence electrons. The Balaban J connectivity index is 2.57. The molecule has 10 heavy (non-hydrogen) atoms. The van der Waals surface area contributed by atoms with Crippen LogP contribution in [0.15, 0.2) is 0 Å². The highest BCUT2D eigenvalue weighted by Crippen LogP contribution is 2.21. The summed E-state index contributed by atoms with van der Waals surface area (Å²) in [4.78, 5) is 12.4. The molecule has 0 radical (unpaired) electrons. The van der Waals surface area contributed by atoms with Crippen molar-refractivity contribution in [3.05, 3.63) is 0 Å². The Labute approximate surface area is 60.6 Å². The molecule has 1 fully saturated rings. The van der Waals surface area contributed by atoms with Crippen molar-refractivity contribution in [1.82, 2.24) is 4.90 Å². The molecule has 3 nitrogen and oxygen atoms in total. The molecule has 1 N–H and O–H groups in total. The number of hydrogen-bond donors (Lipinski definition) is 1. The lowest BCUT2D eigenvalue weighted by molar-refractivity contribution is -0.142. The Morgan fingerprint density at radius 2 is 2.20 bits per heavy atom. The van der Waals surface area contributed by atoms with E-state index in [4.69, 9.17) is 5.11 Å². The fraction of sp³-hybridized carbons (Fsp3) is 0.857. The second-order valence-electron chi connectivity index (χ2n) is 2.95. The molecular formula is C7H13NO2. The predicted octanol–water partition coefficient (Wildman–Crippen LogP) is 0.554. The van der Waals surface area contributed by atoms with Crippen LogP contribution in [-0.2, 0) is 4.79 Å². The summed E-state index contributed by atoms with van der Waals surface area (Å²) in [6, 6.07) is 0.191. The van der Waals surface area contributed by atoms with Crippen LogP contribution in [0.3, 0.4) is 0 Å². The van der Waals surface area contributed by atoms with Crippen molar-refractivity contribution in [2.24, 2.45) is 0 Å². The first-order chi connectivity index (χ1) is 4.63. The standard InChI is InChI=1S/C7H13NO2/c1-5-3-4-6(7(9)10)8(5)2/h5-6H,3-4H2,1-2H3,(H,9,10). The zero-order chi connectivity index (χ0) is 7.72. The summed E-state index contributed by atoms with van der Waals surface area (Å²) in [6.45, 7) is 2.06. The SMILES string of the molecule is CC1CCC(C(=O)O)N1C. The molecule has 2 atom stereocenters. The van der Waals surface area contributed by atoms with Crippen molar-refractivity contribution >= 4 is 5.97 Å². The van der Waals surface area contributed by atoms with E-state index in [-0.39, 0.29) is 6.04 Å². The van der Waals surface area contributed by atoms with E-state index in [0.29, 0.717) is 6.04 Å². The molecule has 0 spiro atoms. The van der Waals surface area contributed by atoms with Crippen LogP contribution in [0.5, 0.6) is 0 Å². The minimum atomic E-state index is -0.688. The maximum atomic E-state index is 10.5. The summed E-state index contributed by atoms with van der Waals surface area (Å²) < 4.78 is 0. The quantitative estimate of drug-likeness (QED) is 0.583. The molecule has 0 aliphatic carbocycles. The summed E-state index contributed by atoms with van der Waals surface area (Å²) >= 11 is 0. The van der Waals surface area contributed by atoms with Gasteiger partial charge >= 0.3 is 5.97 Å². The van der Waals surface area contributed by atoms with Gasteiger partial charge < -0.3 is 5.11 Å². The molecule has 3 heteroatoms. The number of likely N-dealkylation sites (N-methyl/N-ethyl adjacent to an activating group) is 1. The van der Waals surface area contributed by atoms with Crippen LogP contribution >= 0.6 is 0 Å². The summed E-state index contributed by atoms with van der Waals surface area (Å²) in [6.07, 6.45) is 1.81. The van der Waals surface area contributed by atoms with Gasteiger partial charge in [-0.2, -0.15) is 0 Å². The van der Waals surface area contributed by atoms with Crippen LogP contribution in [0.1, 0.15) is 19.8 Å². The van der Waals surface area contributed by atoms with Crippen LogP contribution in [0.25, 0.3) is 0 Å². The lowest BCUT2D eigenvalue weighted by Crippen LogP contribution is -2.36. The number of nitrogens with zero attached hydrogens (tertiary/aromatic N) is 1. The average Bonchev–Trinajstić information content (AvgIpc) is 2.14. The van der Waals surface area contributed by atoms with E-state index < -0.39 is 5.97 Å². The monoisotopic (exact) mass is 143 g/mol. The van der Waals surface area contributed by atoms with E-state index in [0.717, 1.165) is 12.8 Å². The number of aliphatic carboxylic acids is 1. The maximum Gasteiger partial charge on any atom is 0.320 e. The van der Waals surface area contributed by atoms with Crippen LogP contribution < -0.4 is 0 Å². The largest absolute Gasteiger partial charge is 0.480 e. The molecule has 0 aromatic rings. The first-order valence-corrected chi connectivity index (χ1v) is 3.57. The highest BCUT2D eigenvalue weighted by molar-refractivity contribution is 5.73. The molecule has 1 aliphatic rings. The first kappa shape index (κ1) is 7.54. The second-order valence-corrected chi connectivity index (χ2v) is 2.95. The van der Waals surface area contributed by atoms with Gasteiger partial charge in [-0.1, -0.05) is 0 Å². The molecule has 0 bridgehead atoms. The van der Waals surface area contributed by atoms with Gasteiger partial charge in [0.1, 0.15) is 6.04 Å². The Kier molecular flexibility index (Phi) is 1.94. The third kappa shape index (κ3) is 1.14. The number of hydrogen-bond acceptors (Lipinski definition) is 2. The van der Waals surface area contributed by atoms with Gasteiger partial charge in [-0.3, -0.25) is 9.69 Å². The zero-order valence-electron chi connectivity index (χ0n) is 6.37. The third-order valence-corrected chi connectivity index (χ3v) is 2.33. The number of carboxylic acids is 1. The van der Waals surface area contributed by atoms with Crippen molar-refractivity contribution in [1.29, 1.82) is 0 Å². The van der Waals surface area contributed by atoms with Gasteiger partial charge in [-0.15, -0.1) is 0 Å². The fourth-order valence-corrected chi connectivity index (χ4v) is 1.41. The minimum Gasteiger partial charge on any atom is -0.480 e. The van der Waals surface area contributed by atoms with E-state index in [1.54, 1.807) is 0 Å². The molecule has 0 aromatic carbocycles. The fourth-order valence-electron chi connectivity index (χ4n) is 1.41. The minimum absolute atomic E-state index is 0.241. The number of carbonyl (C=O) groups is 1. The molecular weight excluding hydrogens is 130 g/mol. The Hall–Kier alpha value is -0.570. The molecule has 1 rings (SSSR count). The Morgan fingerprint density at radius 3 is 2.40 bits per heavy atom. The highest BCUT2D eigenvalue weighted by Gasteiger charge is 2.32. The maximum absolute atomic E-state index is 10.5. The van der Waals surface area contributed by atoms with E-state index in [2.05, 4.69) is 6.92 Å². The van der Waals surface area contributed by atoms with E-state index in [9.17, 15) is 4.79 Å². The van der Waals surface area contributed by atoms with Gasteiger partial charge in [-0.05, 0) is 26.8 Å². The van der Waals surface area contributed by atoms with Gasteiger partial charge in [0.15, 0.2) is 0 Å². The smallest absolute Gasteiger partial charge is 0.320 e. The third-order valence-electron chi connectivity index (χ3n) is 2.33. The molecule has 0 saturated carbocycles. The number of carboxylic acid groups (broad SMARTS) is 1. The lowest BCUT2D eigenvalue weighted by atomic mass is 10.2. The van der Waals surface area contributed by atoms with Crippen molar-refractivity contribution in [2.45, 2.75) is 31.8 Å². The van der Waals surface area contributed by atoms with E-state index in [1.807, 2.05) is 11.9 Å². The van der Waals surface area contributed by atoms with Crippen LogP contribution in [0.4, 0.5) is 0 Å². The molecule has 2 unspecified atom stereocenters. The zero-order valence-corrected chi connectivity index (χ0v) is 6.37. The summed E-state index contributed by atoms with van der Waals surface area (Å²) in [5, 5.41) is 8.66. The first-order valence-electron chi connectivity index (χ1n) is 3.57. The van der Waals surface area contributed by atoms with E-state index >= 15 is 0 Å². The topological polar surface area (TPSA) is 40.5 Å². The normalized spacial score (nSPS) is 34.6. The average molecular weight is 143 g/mol. The van der Waals surface area contributed by atoms with Crippen molar-refractivity contribution in [3.8, 4) is 0 Å².